The number of nitrogens with one attached hydrogen (secondary N) is 2. The van der Waals surface area contributed by atoms with E-state index in [0.717, 1.165) is 19.4 Å². The molecule has 8 nitrogen and oxygen atoms in total. The predicted molar refractivity (Wildman–Crippen MR) is 65.6 cm³/mol. The lowest BCUT2D eigenvalue weighted by Crippen LogP contribution is -2.45. The summed E-state index contributed by atoms with van der Waals surface area (Å²) in [6, 6.07) is -0.298. The first-order chi connectivity index (χ1) is 8.99. The van der Waals surface area contributed by atoms with Gasteiger partial charge in [-0.3, -0.25) is 10.1 Å². The number of likely N-dealkylation sites (tertiary alicyclic amines) is 1. The minimum atomic E-state index is -1.17. The Morgan fingerprint density at radius 2 is 2.11 bits per heavy atom. The number of likely N-dealkylation sites (N-methyl/N-ethyl adjacent to an activating group) is 1. The Hall–Kier alpha value is -1.67. The molecule has 1 rings (SSSR count). The molecule has 0 radical (unpaired) electrons. The van der Waals surface area contributed by atoms with Gasteiger partial charge in [0, 0.05) is 12.6 Å². The largest absolute Gasteiger partial charge is 0.480 e. The van der Waals surface area contributed by atoms with Crippen molar-refractivity contribution in [2.45, 2.75) is 18.9 Å². The lowest BCUT2D eigenvalue weighted by molar-refractivity contribution is -0.143. The summed E-state index contributed by atoms with van der Waals surface area (Å²) in [6.45, 7) is 0.465. The molecule has 0 spiro atoms. The van der Waals surface area contributed by atoms with Gasteiger partial charge in [0.1, 0.15) is 13.2 Å². The van der Waals surface area contributed by atoms with E-state index in [1.807, 2.05) is 7.05 Å². The summed E-state index contributed by atoms with van der Waals surface area (Å²) in [5, 5.41) is 13.0. The maximum Gasteiger partial charge on any atom is 0.329 e. The molecule has 1 aliphatic heterocycles. The average Bonchev–Trinajstić information content (AvgIpc) is 2.71. The van der Waals surface area contributed by atoms with E-state index in [-0.39, 0.29) is 0 Å². The van der Waals surface area contributed by atoms with E-state index in [9.17, 15) is 14.4 Å². The normalized spacial score (nSPS) is 19.1. The van der Waals surface area contributed by atoms with Gasteiger partial charge in [0.05, 0.1) is 0 Å². The lowest BCUT2D eigenvalue weighted by Gasteiger charge is -2.19. The number of ether oxygens (including phenoxy) is 1. The Morgan fingerprint density at radius 3 is 2.68 bits per heavy atom. The molecule has 1 heterocycles. The van der Waals surface area contributed by atoms with Crippen LogP contribution in [0.25, 0.3) is 0 Å². The number of urea groups is 1. The standard InChI is InChI=1S/C11H19N3O5/c1-14-4-2-3-8(14)5-12-11(18)13-9(15)6-19-7-10(16)17/h8H,2-7H2,1H3,(H,16,17)(H2,12,13,15,18). The van der Waals surface area contributed by atoms with Crippen LogP contribution in [0.2, 0.25) is 0 Å². The van der Waals surface area contributed by atoms with Crippen molar-refractivity contribution in [2.24, 2.45) is 0 Å². The van der Waals surface area contributed by atoms with Crippen molar-refractivity contribution in [2.75, 3.05) is 33.4 Å². The van der Waals surface area contributed by atoms with Crippen LogP contribution in [0, 0.1) is 0 Å². The monoisotopic (exact) mass is 273 g/mol. The van der Waals surface area contributed by atoms with Gasteiger partial charge >= 0.3 is 12.0 Å². The molecule has 1 saturated heterocycles. The third-order valence-corrected chi connectivity index (χ3v) is 2.88. The number of carboxylic acids is 1. The molecule has 8 heteroatoms. The zero-order valence-electron chi connectivity index (χ0n) is 10.8. The van der Waals surface area contributed by atoms with Crippen LogP contribution in [0.5, 0.6) is 0 Å². The van der Waals surface area contributed by atoms with Crippen LogP contribution in [0.15, 0.2) is 0 Å². The summed E-state index contributed by atoms with van der Waals surface area (Å²) in [5.41, 5.74) is 0. The van der Waals surface area contributed by atoms with Crippen molar-refractivity contribution in [1.29, 1.82) is 0 Å². The van der Waals surface area contributed by atoms with Crippen molar-refractivity contribution < 1.29 is 24.2 Å². The van der Waals surface area contributed by atoms with Crippen molar-refractivity contribution in [3.8, 4) is 0 Å². The van der Waals surface area contributed by atoms with Crippen LogP contribution in [-0.4, -0.2) is 67.3 Å². The first-order valence-electron chi connectivity index (χ1n) is 6.06. The minimum Gasteiger partial charge on any atom is -0.480 e. The second-order valence-electron chi connectivity index (χ2n) is 4.42. The summed E-state index contributed by atoms with van der Waals surface area (Å²) in [7, 11) is 1.99. The summed E-state index contributed by atoms with van der Waals surface area (Å²) in [6.07, 6.45) is 2.12. The summed E-state index contributed by atoms with van der Waals surface area (Å²) >= 11 is 0. The van der Waals surface area contributed by atoms with Gasteiger partial charge in [-0.25, -0.2) is 9.59 Å². The molecule has 0 bridgehead atoms. The highest BCUT2D eigenvalue weighted by Crippen LogP contribution is 2.13. The summed E-state index contributed by atoms with van der Waals surface area (Å²) in [4.78, 5) is 34.9. The summed E-state index contributed by atoms with van der Waals surface area (Å²) in [5.74, 6) is -1.83. The smallest absolute Gasteiger partial charge is 0.329 e. The zero-order valence-corrected chi connectivity index (χ0v) is 10.8. The number of imide groups is 1. The van der Waals surface area contributed by atoms with Crippen molar-refractivity contribution in [1.82, 2.24) is 15.5 Å². The minimum absolute atomic E-state index is 0.295. The molecule has 108 valence electrons. The predicted octanol–water partition coefficient (Wildman–Crippen LogP) is -0.992. The van der Waals surface area contributed by atoms with Crippen molar-refractivity contribution in [3.05, 3.63) is 0 Å². The van der Waals surface area contributed by atoms with Gasteiger partial charge in [-0.15, -0.1) is 0 Å². The highest BCUT2D eigenvalue weighted by atomic mass is 16.5. The summed E-state index contributed by atoms with van der Waals surface area (Å²) < 4.78 is 4.55. The van der Waals surface area contributed by atoms with E-state index in [1.165, 1.54) is 0 Å². The maximum absolute atomic E-state index is 11.4. The van der Waals surface area contributed by atoms with Crippen LogP contribution in [0.1, 0.15) is 12.8 Å². The van der Waals surface area contributed by atoms with Crippen molar-refractivity contribution >= 4 is 17.9 Å². The second kappa shape index (κ2) is 7.70. The molecular weight excluding hydrogens is 254 g/mol. The Kier molecular flexibility index (Phi) is 6.23. The van der Waals surface area contributed by atoms with Crippen LogP contribution in [0.3, 0.4) is 0 Å². The van der Waals surface area contributed by atoms with E-state index in [4.69, 9.17) is 5.11 Å². The highest BCUT2D eigenvalue weighted by Gasteiger charge is 2.21. The Labute approximate surface area is 111 Å². The van der Waals surface area contributed by atoms with Gasteiger partial charge in [0.2, 0.25) is 0 Å². The first-order valence-corrected chi connectivity index (χ1v) is 6.06. The molecule has 1 fully saturated rings. The maximum atomic E-state index is 11.4. The SMILES string of the molecule is CN1CCCC1CNC(=O)NC(=O)COCC(=O)O. The Bertz CT molecular complexity index is 347. The van der Waals surface area contributed by atoms with Gasteiger partial charge in [-0.1, -0.05) is 0 Å². The van der Waals surface area contributed by atoms with E-state index in [2.05, 4.69) is 20.3 Å². The second-order valence-corrected chi connectivity index (χ2v) is 4.42. The molecule has 1 aliphatic rings. The molecule has 1 unspecified atom stereocenters. The number of amides is 3. The van der Waals surface area contributed by atoms with Crippen LogP contribution >= 0.6 is 0 Å². The average molecular weight is 273 g/mol. The fourth-order valence-electron chi connectivity index (χ4n) is 1.89. The molecule has 0 aromatic rings. The molecule has 0 aliphatic carbocycles. The molecule has 3 amide bonds. The molecule has 0 saturated carbocycles. The number of carboxylic acid groups (broad SMARTS) is 1. The van der Waals surface area contributed by atoms with Gasteiger partial charge in [0.25, 0.3) is 5.91 Å². The Morgan fingerprint density at radius 1 is 1.37 bits per heavy atom. The van der Waals surface area contributed by atoms with Gasteiger partial charge in [-0.2, -0.15) is 0 Å². The quantitative estimate of drug-likeness (QED) is 0.573. The van der Waals surface area contributed by atoms with Gasteiger partial charge in [-0.05, 0) is 26.4 Å². The third kappa shape index (κ3) is 6.16. The van der Waals surface area contributed by atoms with Gasteiger partial charge < -0.3 is 20.1 Å². The first kappa shape index (κ1) is 15.4. The molecule has 1 atom stereocenters. The third-order valence-electron chi connectivity index (χ3n) is 2.88. The molecular formula is C11H19N3O5. The number of hydrogen-bond donors (Lipinski definition) is 3. The number of carbonyl (C=O) groups is 3. The number of nitrogens with zero attached hydrogens (tertiary/aromatic N) is 1. The molecule has 19 heavy (non-hydrogen) atoms. The van der Waals surface area contributed by atoms with E-state index >= 15 is 0 Å². The van der Waals surface area contributed by atoms with Crippen LogP contribution < -0.4 is 10.6 Å². The van der Waals surface area contributed by atoms with Gasteiger partial charge in [0.15, 0.2) is 0 Å². The fraction of sp³-hybridized carbons (Fsp3) is 0.727. The van der Waals surface area contributed by atoms with E-state index in [1.54, 1.807) is 0 Å². The molecule has 3 N–H and O–H groups in total. The topological polar surface area (TPSA) is 108 Å². The van der Waals surface area contributed by atoms with E-state index in [0.29, 0.717) is 12.6 Å². The Balaban J connectivity index is 2.12. The lowest BCUT2D eigenvalue weighted by atomic mass is 10.2. The molecule has 0 aromatic heterocycles. The van der Waals surface area contributed by atoms with Crippen molar-refractivity contribution in [3.63, 3.8) is 0 Å². The fourth-order valence-corrected chi connectivity index (χ4v) is 1.89. The zero-order chi connectivity index (χ0) is 14.3. The highest BCUT2D eigenvalue weighted by molar-refractivity contribution is 5.94. The van der Waals surface area contributed by atoms with E-state index < -0.39 is 31.1 Å². The molecule has 0 aromatic carbocycles. The number of carbonyl (C=O) groups excluding carboxylic acids is 2. The van der Waals surface area contributed by atoms with Crippen LogP contribution in [0.4, 0.5) is 4.79 Å². The number of hydrogen-bond acceptors (Lipinski definition) is 5. The number of aliphatic carboxylic acids is 1. The van der Waals surface area contributed by atoms with Crippen LogP contribution in [-0.2, 0) is 14.3 Å². The number of rotatable bonds is 6.